The standard InChI is InChI=1S/C22H46N2O3/c1-5-6-7-8-9-10-11-12-13-14-15-16-17-18-19-20-21-22(2,3)23(4)27-24(25)26/h5-21H2,1-4H3. The van der Waals surface area contributed by atoms with E-state index in [0.29, 0.717) is 0 Å². The Morgan fingerprint density at radius 1 is 0.741 bits per heavy atom. The van der Waals surface area contributed by atoms with Gasteiger partial charge in [0.05, 0.1) is 0 Å². The zero-order valence-electron chi connectivity index (χ0n) is 18.6. The van der Waals surface area contributed by atoms with E-state index in [1.54, 1.807) is 7.05 Å². The maximum atomic E-state index is 10.4. The van der Waals surface area contributed by atoms with Gasteiger partial charge in [0.1, 0.15) is 0 Å². The molecule has 0 amide bonds. The van der Waals surface area contributed by atoms with Crippen molar-refractivity contribution < 1.29 is 10.0 Å². The summed E-state index contributed by atoms with van der Waals surface area (Å²) < 4.78 is 0. The Labute approximate surface area is 168 Å². The van der Waals surface area contributed by atoms with Gasteiger partial charge in [-0.05, 0) is 20.3 Å². The Morgan fingerprint density at radius 3 is 1.41 bits per heavy atom. The molecule has 0 saturated carbocycles. The van der Waals surface area contributed by atoms with Gasteiger partial charge in [-0.2, -0.15) is 0 Å². The second-order valence-electron chi connectivity index (χ2n) is 8.67. The van der Waals surface area contributed by atoms with E-state index >= 15 is 0 Å². The minimum absolute atomic E-state index is 0.303. The minimum atomic E-state index is -0.741. The van der Waals surface area contributed by atoms with Crippen molar-refractivity contribution in [2.24, 2.45) is 0 Å². The lowest BCUT2D eigenvalue weighted by Gasteiger charge is -2.32. The van der Waals surface area contributed by atoms with E-state index < -0.39 is 5.09 Å². The maximum absolute atomic E-state index is 10.4. The predicted molar refractivity (Wildman–Crippen MR) is 114 cm³/mol. The molecule has 0 saturated heterocycles. The van der Waals surface area contributed by atoms with Gasteiger partial charge in [0.15, 0.2) is 0 Å². The van der Waals surface area contributed by atoms with Crippen molar-refractivity contribution in [2.75, 3.05) is 7.05 Å². The van der Waals surface area contributed by atoms with Crippen molar-refractivity contribution in [2.45, 2.75) is 135 Å². The van der Waals surface area contributed by atoms with E-state index in [9.17, 15) is 10.1 Å². The van der Waals surface area contributed by atoms with Crippen molar-refractivity contribution in [1.29, 1.82) is 0 Å². The summed E-state index contributed by atoms with van der Waals surface area (Å²) >= 11 is 0. The van der Waals surface area contributed by atoms with Crippen molar-refractivity contribution >= 4 is 0 Å². The molecule has 0 aromatic rings. The third-order valence-electron chi connectivity index (χ3n) is 5.68. The molecule has 162 valence electrons. The first-order valence-electron chi connectivity index (χ1n) is 11.5. The highest BCUT2D eigenvalue weighted by atomic mass is 17.0. The first-order chi connectivity index (χ1) is 12.9. The van der Waals surface area contributed by atoms with Gasteiger partial charge in [-0.3, -0.25) is 0 Å². The quantitative estimate of drug-likeness (QED) is 0.124. The highest BCUT2D eigenvalue weighted by molar-refractivity contribution is 4.74. The van der Waals surface area contributed by atoms with Crippen LogP contribution in [0.4, 0.5) is 0 Å². The molecule has 0 N–H and O–H groups in total. The van der Waals surface area contributed by atoms with Crippen LogP contribution in [0.1, 0.15) is 130 Å². The van der Waals surface area contributed by atoms with Crippen LogP contribution in [0, 0.1) is 10.1 Å². The van der Waals surface area contributed by atoms with Crippen LogP contribution in [0.2, 0.25) is 0 Å². The first kappa shape index (κ1) is 26.2. The Bertz CT molecular complexity index is 348. The average Bonchev–Trinajstić information content (AvgIpc) is 2.60. The van der Waals surface area contributed by atoms with Gasteiger partial charge >= 0.3 is 5.09 Å². The Kier molecular flexibility index (Phi) is 16.7. The lowest BCUT2D eigenvalue weighted by atomic mass is 9.96. The van der Waals surface area contributed by atoms with Gasteiger partial charge in [-0.25, -0.2) is 4.94 Å². The third kappa shape index (κ3) is 17.0. The molecule has 0 radical (unpaired) electrons. The number of rotatable bonds is 20. The largest absolute Gasteiger partial charge is 0.312 e. The molecule has 0 aliphatic heterocycles. The van der Waals surface area contributed by atoms with E-state index in [4.69, 9.17) is 0 Å². The Balaban J connectivity index is 3.32. The minimum Gasteiger partial charge on any atom is -0.217 e. The molecule has 0 spiro atoms. The van der Waals surface area contributed by atoms with E-state index in [1.165, 1.54) is 101 Å². The fraction of sp³-hybridized carbons (Fsp3) is 1.00. The van der Waals surface area contributed by atoms with Crippen LogP contribution in [0.3, 0.4) is 0 Å². The van der Waals surface area contributed by atoms with Gasteiger partial charge < -0.3 is 0 Å². The second-order valence-corrected chi connectivity index (χ2v) is 8.67. The van der Waals surface area contributed by atoms with Crippen molar-refractivity contribution in [1.82, 2.24) is 5.06 Å². The lowest BCUT2D eigenvalue weighted by Crippen LogP contribution is -2.42. The number of nitrogens with zero attached hydrogens (tertiary/aromatic N) is 2. The van der Waals surface area contributed by atoms with Crippen LogP contribution < -0.4 is 0 Å². The number of hydrogen-bond donors (Lipinski definition) is 0. The molecular formula is C22H46N2O3. The second kappa shape index (κ2) is 17.3. The average molecular weight is 387 g/mol. The topological polar surface area (TPSA) is 55.6 Å². The van der Waals surface area contributed by atoms with Crippen LogP contribution in [-0.2, 0) is 4.94 Å². The molecule has 0 bridgehead atoms. The van der Waals surface area contributed by atoms with Gasteiger partial charge in [-0.15, -0.1) is 15.2 Å². The van der Waals surface area contributed by atoms with Gasteiger partial charge in [0.2, 0.25) is 0 Å². The molecule has 0 aliphatic carbocycles. The van der Waals surface area contributed by atoms with Crippen molar-refractivity contribution in [3.8, 4) is 0 Å². The van der Waals surface area contributed by atoms with Crippen LogP contribution >= 0.6 is 0 Å². The van der Waals surface area contributed by atoms with E-state index in [-0.39, 0.29) is 5.54 Å². The molecule has 0 atom stereocenters. The molecule has 0 rings (SSSR count). The molecular weight excluding hydrogens is 340 g/mol. The highest BCUT2D eigenvalue weighted by Gasteiger charge is 2.25. The van der Waals surface area contributed by atoms with Crippen molar-refractivity contribution in [3.05, 3.63) is 10.1 Å². The van der Waals surface area contributed by atoms with Crippen LogP contribution in [0.15, 0.2) is 0 Å². The normalized spacial score (nSPS) is 11.9. The predicted octanol–water partition coefficient (Wildman–Crippen LogP) is 7.47. The van der Waals surface area contributed by atoms with Gasteiger partial charge in [-0.1, -0.05) is 110 Å². The van der Waals surface area contributed by atoms with Crippen molar-refractivity contribution in [3.63, 3.8) is 0 Å². The summed E-state index contributed by atoms with van der Waals surface area (Å²) in [6.07, 6.45) is 22.7. The van der Waals surface area contributed by atoms with Crippen LogP contribution in [0.5, 0.6) is 0 Å². The van der Waals surface area contributed by atoms with E-state index in [1.807, 2.05) is 13.8 Å². The summed E-state index contributed by atoms with van der Waals surface area (Å²) in [4.78, 5) is 15.0. The molecule has 0 heterocycles. The van der Waals surface area contributed by atoms with Gasteiger partial charge in [0, 0.05) is 12.6 Å². The summed E-state index contributed by atoms with van der Waals surface area (Å²) in [5.74, 6) is 0. The lowest BCUT2D eigenvalue weighted by molar-refractivity contribution is -0.814. The molecule has 5 nitrogen and oxygen atoms in total. The van der Waals surface area contributed by atoms with E-state index in [2.05, 4.69) is 11.9 Å². The molecule has 0 aromatic heterocycles. The van der Waals surface area contributed by atoms with E-state index in [0.717, 1.165) is 12.8 Å². The monoisotopic (exact) mass is 386 g/mol. The fourth-order valence-corrected chi connectivity index (χ4v) is 3.47. The zero-order valence-corrected chi connectivity index (χ0v) is 18.6. The molecule has 27 heavy (non-hydrogen) atoms. The summed E-state index contributed by atoms with van der Waals surface area (Å²) in [6.45, 7) is 6.25. The molecule has 0 aliphatic rings. The zero-order chi connectivity index (χ0) is 20.4. The summed E-state index contributed by atoms with van der Waals surface area (Å²) in [6, 6.07) is 0. The Morgan fingerprint density at radius 2 is 1.07 bits per heavy atom. The number of hydrogen-bond acceptors (Lipinski definition) is 4. The summed E-state index contributed by atoms with van der Waals surface area (Å²) in [5.41, 5.74) is -0.303. The number of unbranched alkanes of at least 4 members (excludes halogenated alkanes) is 15. The maximum Gasteiger partial charge on any atom is 0.312 e. The first-order valence-corrected chi connectivity index (χ1v) is 11.5. The van der Waals surface area contributed by atoms with Crippen LogP contribution in [-0.4, -0.2) is 22.7 Å². The van der Waals surface area contributed by atoms with Crippen LogP contribution in [0.25, 0.3) is 0 Å². The summed E-state index contributed by atoms with van der Waals surface area (Å²) in [7, 11) is 1.63. The molecule has 0 aromatic carbocycles. The Hall–Kier alpha value is -0.840. The highest BCUT2D eigenvalue weighted by Crippen LogP contribution is 2.22. The SMILES string of the molecule is CCCCCCCCCCCCCCCCCCC(C)(C)N(C)O[N+](=O)[O-]. The summed E-state index contributed by atoms with van der Waals surface area (Å²) in [5, 5.41) is 11.0. The third-order valence-corrected chi connectivity index (χ3v) is 5.68. The van der Waals surface area contributed by atoms with Gasteiger partial charge in [0.25, 0.3) is 0 Å². The smallest absolute Gasteiger partial charge is 0.217 e. The fourth-order valence-electron chi connectivity index (χ4n) is 3.47. The molecule has 5 heteroatoms. The molecule has 0 fully saturated rings. The molecule has 0 unspecified atom stereocenters. The number of hydroxylamine groups is 2.